The second-order valence-corrected chi connectivity index (χ2v) is 4.77. The van der Waals surface area contributed by atoms with Crippen LogP contribution in [0.2, 0.25) is 0 Å². The van der Waals surface area contributed by atoms with Crippen LogP contribution in [0.15, 0.2) is 18.2 Å². The molecule has 1 saturated heterocycles. The fraction of sp³-hybridized carbons (Fsp3) is 0.462. The quantitative estimate of drug-likeness (QED) is 0.489. The normalized spacial score (nSPS) is 18.4. The molecule has 1 unspecified atom stereocenters. The third-order valence-corrected chi connectivity index (χ3v) is 3.55. The molecule has 114 valence electrons. The highest BCUT2D eigenvalue weighted by atomic mass is 16.6. The van der Waals surface area contributed by atoms with E-state index in [0.717, 1.165) is 6.42 Å². The largest absolute Gasteiger partial charge is 0.377 e. The van der Waals surface area contributed by atoms with Crippen molar-refractivity contribution in [1.82, 2.24) is 4.90 Å². The van der Waals surface area contributed by atoms with Gasteiger partial charge in [0, 0.05) is 18.3 Å². The van der Waals surface area contributed by atoms with Gasteiger partial charge in [-0.3, -0.25) is 20.8 Å². The van der Waals surface area contributed by atoms with Gasteiger partial charge in [-0.05, 0) is 18.6 Å². The molecule has 0 saturated carbocycles. The summed E-state index contributed by atoms with van der Waals surface area (Å²) in [5.74, 6) is 4.95. The average Bonchev–Trinajstić information content (AvgIpc) is 2.53. The maximum Gasteiger partial charge on any atom is 0.282 e. The molecule has 1 aliphatic rings. The summed E-state index contributed by atoms with van der Waals surface area (Å²) in [6, 6.07) is 4.08. The first-order chi connectivity index (χ1) is 10.1. The van der Waals surface area contributed by atoms with Crippen molar-refractivity contribution in [1.29, 1.82) is 0 Å². The van der Waals surface area contributed by atoms with Crippen molar-refractivity contribution in [3.05, 3.63) is 33.9 Å². The number of morpholine rings is 1. The number of nitrogens with zero attached hydrogens (tertiary/aromatic N) is 2. The lowest BCUT2D eigenvalue weighted by atomic mass is 10.1. The predicted molar refractivity (Wildman–Crippen MR) is 76.8 cm³/mol. The number of carbonyl (C=O) groups excluding carboxylic acids is 1. The van der Waals surface area contributed by atoms with Crippen molar-refractivity contribution in [3.63, 3.8) is 0 Å². The zero-order valence-corrected chi connectivity index (χ0v) is 11.7. The molecule has 0 spiro atoms. The van der Waals surface area contributed by atoms with E-state index in [-0.39, 0.29) is 23.2 Å². The number of anilines is 1. The van der Waals surface area contributed by atoms with Gasteiger partial charge in [-0.25, -0.2) is 0 Å². The zero-order valence-electron chi connectivity index (χ0n) is 11.7. The van der Waals surface area contributed by atoms with Crippen LogP contribution < -0.4 is 11.3 Å². The predicted octanol–water partition coefficient (Wildman–Crippen LogP) is 1.13. The Morgan fingerprint density at radius 2 is 2.38 bits per heavy atom. The molecule has 1 aromatic carbocycles. The maximum atomic E-state index is 12.7. The summed E-state index contributed by atoms with van der Waals surface area (Å²) in [4.78, 5) is 24.8. The summed E-state index contributed by atoms with van der Waals surface area (Å²) in [5.41, 5.74) is 2.66. The van der Waals surface area contributed by atoms with Crippen LogP contribution in [0.25, 0.3) is 0 Å². The third kappa shape index (κ3) is 3.11. The Labute approximate surface area is 122 Å². The fourth-order valence-electron chi connectivity index (χ4n) is 2.37. The molecular weight excluding hydrogens is 276 g/mol. The molecule has 8 heteroatoms. The maximum absolute atomic E-state index is 12.7. The highest BCUT2D eigenvalue weighted by Crippen LogP contribution is 2.25. The van der Waals surface area contributed by atoms with Gasteiger partial charge in [0.1, 0.15) is 5.56 Å². The van der Waals surface area contributed by atoms with E-state index in [9.17, 15) is 14.9 Å². The minimum atomic E-state index is -0.561. The minimum Gasteiger partial charge on any atom is -0.377 e. The minimum absolute atomic E-state index is 0.0378. The molecule has 21 heavy (non-hydrogen) atoms. The van der Waals surface area contributed by atoms with Crippen LogP contribution in [0.4, 0.5) is 11.4 Å². The van der Waals surface area contributed by atoms with Crippen LogP contribution >= 0.6 is 0 Å². The van der Waals surface area contributed by atoms with E-state index >= 15 is 0 Å². The second-order valence-electron chi connectivity index (χ2n) is 4.77. The molecule has 1 aliphatic heterocycles. The van der Waals surface area contributed by atoms with Crippen LogP contribution in [-0.2, 0) is 4.74 Å². The zero-order chi connectivity index (χ0) is 15.4. The molecule has 1 amide bonds. The van der Waals surface area contributed by atoms with Crippen LogP contribution in [0.1, 0.15) is 23.7 Å². The van der Waals surface area contributed by atoms with Gasteiger partial charge in [0.2, 0.25) is 0 Å². The number of nitro benzene ring substituents is 1. The van der Waals surface area contributed by atoms with Gasteiger partial charge in [0.25, 0.3) is 11.6 Å². The second kappa shape index (κ2) is 6.51. The van der Waals surface area contributed by atoms with Crippen LogP contribution in [-0.4, -0.2) is 41.5 Å². The van der Waals surface area contributed by atoms with Gasteiger partial charge in [-0.2, -0.15) is 0 Å². The summed E-state index contributed by atoms with van der Waals surface area (Å²) < 4.78 is 5.35. The van der Waals surface area contributed by atoms with E-state index in [1.54, 1.807) is 4.90 Å². The first-order valence-electron chi connectivity index (χ1n) is 6.72. The molecule has 0 bridgehead atoms. The van der Waals surface area contributed by atoms with E-state index < -0.39 is 4.92 Å². The molecule has 0 radical (unpaired) electrons. The van der Waals surface area contributed by atoms with Gasteiger partial charge >= 0.3 is 0 Å². The van der Waals surface area contributed by atoms with Gasteiger partial charge in [0.05, 0.1) is 24.2 Å². The first kappa shape index (κ1) is 15.2. The van der Waals surface area contributed by atoms with Crippen molar-refractivity contribution in [2.24, 2.45) is 5.84 Å². The number of nitrogens with two attached hydrogens (primary N) is 1. The van der Waals surface area contributed by atoms with Crippen LogP contribution in [0.5, 0.6) is 0 Å². The lowest BCUT2D eigenvalue weighted by Gasteiger charge is -2.35. The van der Waals surface area contributed by atoms with Crippen molar-refractivity contribution >= 4 is 17.3 Å². The SMILES string of the molecule is CCC1COCCN1C(=O)c1cc(NN)ccc1[N+](=O)[O-]. The van der Waals surface area contributed by atoms with Gasteiger partial charge < -0.3 is 15.1 Å². The number of amides is 1. The van der Waals surface area contributed by atoms with Crippen molar-refractivity contribution in [3.8, 4) is 0 Å². The molecule has 1 heterocycles. The number of hydrazine groups is 1. The smallest absolute Gasteiger partial charge is 0.282 e. The Hall–Kier alpha value is -2.19. The average molecular weight is 294 g/mol. The lowest BCUT2D eigenvalue weighted by molar-refractivity contribution is -0.385. The summed E-state index contributed by atoms with van der Waals surface area (Å²) in [6.45, 7) is 3.26. The molecule has 1 atom stereocenters. The van der Waals surface area contributed by atoms with Gasteiger partial charge in [0.15, 0.2) is 0 Å². The number of ether oxygens (including phenoxy) is 1. The van der Waals surface area contributed by atoms with E-state index in [4.69, 9.17) is 10.6 Å². The number of nitrogen functional groups attached to an aromatic ring is 1. The van der Waals surface area contributed by atoms with Crippen molar-refractivity contribution < 1.29 is 14.5 Å². The molecule has 1 fully saturated rings. The number of hydrogen-bond acceptors (Lipinski definition) is 6. The Balaban J connectivity index is 2.38. The number of carbonyl (C=O) groups is 1. The van der Waals surface area contributed by atoms with E-state index in [1.165, 1.54) is 18.2 Å². The summed E-state index contributed by atoms with van der Waals surface area (Å²) in [7, 11) is 0. The molecule has 0 aromatic heterocycles. The van der Waals surface area contributed by atoms with Crippen molar-refractivity contribution in [2.45, 2.75) is 19.4 Å². The Kier molecular flexibility index (Phi) is 4.71. The van der Waals surface area contributed by atoms with Crippen LogP contribution in [0, 0.1) is 10.1 Å². The number of benzene rings is 1. The van der Waals surface area contributed by atoms with Crippen molar-refractivity contribution in [2.75, 3.05) is 25.2 Å². The number of nitro groups is 1. The van der Waals surface area contributed by atoms with Crippen LogP contribution in [0.3, 0.4) is 0 Å². The first-order valence-corrected chi connectivity index (χ1v) is 6.72. The van der Waals surface area contributed by atoms with Gasteiger partial charge in [-0.1, -0.05) is 6.92 Å². The topological polar surface area (TPSA) is 111 Å². The number of hydrogen-bond donors (Lipinski definition) is 2. The van der Waals surface area contributed by atoms with E-state index in [1.807, 2.05) is 6.92 Å². The summed E-state index contributed by atoms with van der Waals surface area (Å²) in [6.07, 6.45) is 0.731. The summed E-state index contributed by atoms with van der Waals surface area (Å²) in [5, 5.41) is 11.1. The highest BCUT2D eigenvalue weighted by molar-refractivity contribution is 5.99. The molecule has 0 aliphatic carbocycles. The van der Waals surface area contributed by atoms with E-state index in [0.29, 0.717) is 25.4 Å². The highest BCUT2D eigenvalue weighted by Gasteiger charge is 2.31. The third-order valence-electron chi connectivity index (χ3n) is 3.55. The Morgan fingerprint density at radius 1 is 1.62 bits per heavy atom. The molecular formula is C13H18N4O4. The molecule has 3 N–H and O–H groups in total. The number of nitrogens with one attached hydrogen (secondary N) is 1. The molecule has 2 rings (SSSR count). The monoisotopic (exact) mass is 294 g/mol. The lowest BCUT2D eigenvalue weighted by Crippen LogP contribution is -2.48. The fourth-order valence-corrected chi connectivity index (χ4v) is 2.37. The van der Waals surface area contributed by atoms with Gasteiger partial charge in [-0.15, -0.1) is 0 Å². The Morgan fingerprint density at radius 3 is 3.00 bits per heavy atom. The number of rotatable bonds is 4. The summed E-state index contributed by atoms with van der Waals surface area (Å²) >= 11 is 0. The Bertz CT molecular complexity index is 549. The molecule has 8 nitrogen and oxygen atoms in total. The molecule has 1 aromatic rings. The van der Waals surface area contributed by atoms with E-state index in [2.05, 4.69) is 5.43 Å². The standard InChI is InChI=1S/C13H18N4O4/c1-2-10-8-21-6-5-16(10)13(18)11-7-9(15-14)3-4-12(11)17(19)20/h3-4,7,10,15H,2,5-6,8,14H2,1H3.